The maximum Gasteiger partial charge on any atom is 0.264 e. The number of ether oxygens (including phenoxy) is 2. The number of rotatable bonds is 4. The molecule has 164 valence electrons. The van der Waals surface area contributed by atoms with Gasteiger partial charge in [0.15, 0.2) is 11.5 Å². The van der Waals surface area contributed by atoms with Gasteiger partial charge in [-0.25, -0.2) is 12.8 Å². The molecule has 0 fully saturated rings. The molecule has 3 aromatic carbocycles. The van der Waals surface area contributed by atoms with Crippen LogP contribution < -0.4 is 19.1 Å². The number of aryl methyl sites for hydroxylation is 1. The van der Waals surface area contributed by atoms with E-state index >= 15 is 0 Å². The van der Waals surface area contributed by atoms with Crippen molar-refractivity contribution < 1.29 is 27.1 Å². The zero-order chi connectivity index (χ0) is 22.3. The molecule has 0 aliphatic carbocycles. The van der Waals surface area contributed by atoms with E-state index in [1.54, 1.807) is 36.4 Å². The summed E-state index contributed by atoms with van der Waals surface area (Å²) in [5.41, 5.74) is 2.35. The Morgan fingerprint density at radius 1 is 0.969 bits per heavy atom. The highest BCUT2D eigenvalue weighted by Gasteiger charge is 2.29. The van der Waals surface area contributed by atoms with Gasteiger partial charge in [0.05, 0.1) is 10.6 Å². The number of anilines is 2. The van der Waals surface area contributed by atoms with Gasteiger partial charge in [0, 0.05) is 17.8 Å². The summed E-state index contributed by atoms with van der Waals surface area (Å²) >= 11 is 0. The molecule has 2 aliphatic heterocycles. The minimum absolute atomic E-state index is 0.0342. The summed E-state index contributed by atoms with van der Waals surface area (Å²) in [6.07, 6.45) is 1.31. The Kier molecular flexibility index (Phi) is 4.97. The number of hydrogen-bond acceptors (Lipinski definition) is 5. The predicted molar refractivity (Wildman–Crippen MR) is 116 cm³/mol. The predicted octanol–water partition coefficient (Wildman–Crippen LogP) is 3.95. The van der Waals surface area contributed by atoms with Crippen molar-refractivity contribution in [3.63, 3.8) is 0 Å². The number of benzene rings is 3. The van der Waals surface area contributed by atoms with Crippen LogP contribution in [0.25, 0.3) is 0 Å². The molecular weight excluding hydrogens is 435 g/mol. The van der Waals surface area contributed by atoms with Crippen molar-refractivity contribution in [2.24, 2.45) is 0 Å². The number of fused-ring (bicyclic) bond motifs is 2. The highest BCUT2D eigenvalue weighted by atomic mass is 32.2. The van der Waals surface area contributed by atoms with Gasteiger partial charge in [-0.15, -0.1) is 0 Å². The van der Waals surface area contributed by atoms with Crippen LogP contribution in [0.2, 0.25) is 0 Å². The van der Waals surface area contributed by atoms with Gasteiger partial charge in [0.25, 0.3) is 15.9 Å². The Balaban J connectivity index is 1.39. The van der Waals surface area contributed by atoms with E-state index in [-0.39, 0.29) is 17.6 Å². The van der Waals surface area contributed by atoms with Crippen LogP contribution in [0.3, 0.4) is 0 Å². The fraction of sp³-hybridized carbons (Fsp3) is 0.174. The Hall–Kier alpha value is -3.59. The van der Waals surface area contributed by atoms with E-state index in [2.05, 4.69) is 5.32 Å². The van der Waals surface area contributed by atoms with Crippen molar-refractivity contribution in [3.05, 3.63) is 77.6 Å². The molecule has 9 heteroatoms. The maximum absolute atomic E-state index is 13.2. The maximum atomic E-state index is 13.2. The van der Waals surface area contributed by atoms with E-state index in [4.69, 9.17) is 9.47 Å². The summed E-state index contributed by atoms with van der Waals surface area (Å²) in [6.45, 7) is 0.457. The summed E-state index contributed by atoms with van der Waals surface area (Å²) < 4.78 is 51.4. The fourth-order valence-electron chi connectivity index (χ4n) is 3.86. The molecule has 0 aromatic heterocycles. The minimum Gasteiger partial charge on any atom is -0.454 e. The van der Waals surface area contributed by atoms with Crippen LogP contribution >= 0.6 is 0 Å². The van der Waals surface area contributed by atoms with Crippen molar-refractivity contribution in [2.75, 3.05) is 23.0 Å². The number of sulfonamides is 1. The molecule has 2 aliphatic rings. The van der Waals surface area contributed by atoms with Crippen molar-refractivity contribution in [1.82, 2.24) is 0 Å². The highest BCUT2D eigenvalue weighted by molar-refractivity contribution is 7.92. The van der Waals surface area contributed by atoms with Gasteiger partial charge in [0.1, 0.15) is 5.82 Å². The van der Waals surface area contributed by atoms with Crippen molar-refractivity contribution in [3.8, 4) is 11.5 Å². The van der Waals surface area contributed by atoms with Crippen LogP contribution in [0.1, 0.15) is 22.3 Å². The standard InChI is InChI=1S/C23H19FN2O5S/c24-17-4-7-19(8-5-17)32(28,29)26-11-1-2-15-12-18(6-9-20(15)26)25-23(27)16-3-10-21-22(13-16)31-14-30-21/h3-10,12-13H,1-2,11,14H2,(H,25,27). The first-order chi connectivity index (χ1) is 15.4. The summed E-state index contributed by atoms with van der Waals surface area (Å²) in [6, 6.07) is 14.9. The van der Waals surface area contributed by atoms with Crippen LogP contribution in [0.5, 0.6) is 11.5 Å². The molecule has 0 spiro atoms. The normalized spacial score (nSPS) is 14.7. The molecule has 0 saturated heterocycles. The molecule has 2 heterocycles. The zero-order valence-electron chi connectivity index (χ0n) is 16.9. The lowest BCUT2D eigenvalue weighted by molar-refractivity contribution is 0.102. The molecule has 0 saturated carbocycles. The van der Waals surface area contributed by atoms with Crippen LogP contribution in [-0.2, 0) is 16.4 Å². The summed E-state index contributed by atoms with van der Waals surface area (Å²) in [7, 11) is -3.82. The number of hydrogen-bond donors (Lipinski definition) is 1. The first-order valence-corrected chi connectivity index (χ1v) is 11.5. The Morgan fingerprint density at radius 3 is 2.56 bits per heavy atom. The van der Waals surface area contributed by atoms with E-state index in [9.17, 15) is 17.6 Å². The summed E-state index contributed by atoms with van der Waals surface area (Å²) in [4.78, 5) is 12.7. The van der Waals surface area contributed by atoms with Gasteiger partial charge in [-0.3, -0.25) is 9.10 Å². The van der Waals surface area contributed by atoms with Gasteiger partial charge in [-0.2, -0.15) is 0 Å². The smallest absolute Gasteiger partial charge is 0.264 e. The number of nitrogens with zero attached hydrogens (tertiary/aromatic N) is 1. The Bertz CT molecular complexity index is 1310. The highest BCUT2D eigenvalue weighted by Crippen LogP contribution is 2.35. The van der Waals surface area contributed by atoms with Crippen LogP contribution in [0.15, 0.2) is 65.6 Å². The molecule has 5 rings (SSSR count). The van der Waals surface area contributed by atoms with Crippen molar-refractivity contribution >= 4 is 27.3 Å². The Labute approximate surface area is 184 Å². The number of carbonyl (C=O) groups excluding carboxylic acids is 1. The molecule has 3 aromatic rings. The van der Waals surface area contributed by atoms with E-state index in [0.29, 0.717) is 47.8 Å². The molecule has 32 heavy (non-hydrogen) atoms. The van der Waals surface area contributed by atoms with E-state index < -0.39 is 15.8 Å². The van der Waals surface area contributed by atoms with Gasteiger partial charge >= 0.3 is 0 Å². The third-order valence-corrected chi connectivity index (χ3v) is 7.28. The number of amides is 1. The lowest BCUT2D eigenvalue weighted by Crippen LogP contribution is -2.35. The molecule has 1 amide bonds. The molecule has 0 atom stereocenters. The van der Waals surface area contributed by atoms with E-state index in [1.165, 1.54) is 16.4 Å². The molecule has 0 radical (unpaired) electrons. The second-order valence-electron chi connectivity index (χ2n) is 7.50. The van der Waals surface area contributed by atoms with Gasteiger partial charge in [0.2, 0.25) is 6.79 Å². The molecule has 0 bridgehead atoms. The SMILES string of the molecule is O=C(Nc1ccc2c(c1)CCCN2S(=O)(=O)c1ccc(F)cc1)c1ccc2c(c1)OCO2. The number of carbonyl (C=O) groups is 1. The second-order valence-corrected chi connectivity index (χ2v) is 9.36. The third kappa shape index (κ3) is 3.64. The largest absolute Gasteiger partial charge is 0.454 e. The van der Waals surface area contributed by atoms with Crippen molar-refractivity contribution in [1.29, 1.82) is 0 Å². The van der Waals surface area contributed by atoms with E-state index in [1.807, 2.05) is 0 Å². The van der Waals surface area contributed by atoms with Gasteiger partial charge < -0.3 is 14.8 Å². The zero-order valence-corrected chi connectivity index (χ0v) is 17.7. The van der Waals surface area contributed by atoms with E-state index in [0.717, 1.165) is 17.7 Å². The second kappa shape index (κ2) is 7.83. The third-order valence-electron chi connectivity index (χ3n) is 5.45. The topological polar surface area (TPSA) is 84.9 Å². The quantitative estimate of drug-likeness (QED) is 0.645. The van der Waals surface area contributed by atoms with Gasteiger partial charge in [-0.1, -0.05) is 0 Å². The molecule has 0 unspecified atom stereocenters. The first-order valence-electron chi connectivity index (χ1n) is 10.0. The fourth-order valence-corrected chi connectivity index (χ4v) is 5.41. The summed E-state index contributed by atoms with van der Waals surface area (Å²) in [5, 5.41) is 2.85. The van der Waals surface area contributed by atoms with Crippen LogP contribution in [0.4, 0.5) is 15.8 Å². The number of halogens is 1. The van der Waals surface area contributed by atoms with Crippen molar-refractivity contribution in [2.45, 2.75) is 17.7 Å². The molecule has 1 N–H and O–H groups in total. The molecular formula is C23H19FN2O5S. The average molecular weight is 454 g/mol. The van der Waals surface area contributed by atoms with Crippen LogP contribution in [0, 0.1) is 5.82 Å². The lowest BCUT2D eigenvalue weighted by atomic mass is 10.0. The first kappa shape index (κ1) is 20.3. The molecule has 7 nitrogen and oxygen atoms in total. The minimum atomic E-state index is -3.82. The summed E-state index contributed by atoms with van der Waals surface area (Å²) in [5.74, 6) is 0.309. The lowest BCUT2D eigenvalue weighted by Gasteiger charge is -2.31. The Morgan fingerprint density at radius 2 is 1.75 bits per heavy atom. The average Bonchev–Trinajstić information content (AvgIpc) is 3.27. The van der Waals surface area contributed by atoms with Gasteiger partial charge in [-0.05, 0) is 79.1 Å². The monoisotopic (exact) mass is 454 g/mol. The number of nitrogens with one attached hydrogen (secondary N) is 1. The van der Waals surface area contributed by atoms with Crippen LogP contribution in [-0.4, -0.2) is 27.7 Å².